The second-order valence-corrected chi connectivity index (χ2v) is 4.28. The van der Waals surface area contributed by atoms with E-state index in [0.29, 0.717) is 8.35 Å². The zero-order valence-corrected chi connectivity index (χ0v) is 8.62. The molecule has 0 saturated carbocycles. The maximum absolute atomic E-state index is 4.27. The lowest BCUT2D eigenvalue weighted by Crippen LogP contribution is -1.84. The molecule has 0 N–H and O–H groups in total. The van der Waals surface area contributed by atoms with Crippen molar-refractivity contribution in [2.24, 2.45) is 0 Å². The molecule has 0 aliphatic heterocycles. The molecule has 1 nitrogen and oxygen atoms in total. The highest BCUT2D eigenvalue weighted by Crippen LogP contribution is 2.20. The molecule has 0 aliphatic carbocycles. The maximum Gasteiger partial charge on any atom is 0.0342 e. The molecule has 0 saturated heterocycles. The van der Waals surface area contributed by atoms with Gasteiger partial charge in [-0.05, 0) is 31.7 Å². The van der Waals surface area contributed by atoms with E-state index in [0.717, 1.165) is 6.42 Å². The lowest BCUT2D eigenvalue weighted by Gasteiger charge is -1.98. The Hall–Kier alpha value is -1.07. The Morgan fingerprint density at radius 3 is 2.62 bits per heavy atom. The Morgan fingerprint density at radius 2 is 2.00 bits per heavy atom. The summed E-state index contributed by atoms with van der Waals surface area (Å²) in [4.78, 5) is 0. The van der Waals surface area contributed by atoms with Crippen LogP contribution in [0.15, 0.2) is 36.5 Å². The van der Waals surface area contributed by atoms with Gasteiger partial charge in [0.15, 0.2) is 0 Å². The smallest absolute Gasteiger partial charge is 0.0342 e. The topological polar surface area (TPSA) is 12.9 Å². The van der Waals surface area contributed by atoms with Gasteiger partial charge < -0.3 is 0 Å². The fourth-order valence-corrected chi connectivity index (χ4v) is 2.29. The van der Waals surface area contributed by atoms with Gasteiger partial charge >= 0.3 is 0 Å². The van der Waals surface area contributed by atoms with Gasteiger partial charge in [-0.3, -0.25) is 0 Å². The first-order chi connectivity index (χ1) is 6.36. The van der Waals surface area contributed by atoms with Crippen molar-refractivity contribution in [2.45, 2.75) is 13.3 Å². The summed E-state index contributed by atoms with van der Waals surface area (Å²) in [5, 5.41) is 1.48. The van der Waals surface area contributed by atoms with Gasteiger partial charge in [-0.2, -0.15) is 0 Å². The summed E-state index contributed by atoms with van der Waals surface area (Å²) in [7, 11) is 0.655. The molecular weight excluding hydrogens is 177 g/mol. The van der Waals surface area contributed by atoms with Gasteiger partial charge in [0, 0.05) is 12.6 Å². The van der Waals surface area contributed by atoms with E-state index in [2.05, 4.69) is 42.0 Å². The summed E-state index contributed by atoms with van der Waals surface area (Å²) < 4.78 is 4.27. The van der Waals surface area contributed by atoms with Crippen LogP contribution in [0.1, 0.15) is 16.4 Å². The van der Waals surface area contributed by atoms with Crippen molar-refractivity contribution in [3.63, 3.8) is 0 Å². The quantitative estimate of drug-likeness (QED) is 0.707. The largest absolute Gasteiger partial charge is 0.248 e. The number of rotatable bonds is 2. The Kier molecular flexibility index (Phi) is 2.47. The predicted octanol–water partition coefficient (Wildman–Crippen LogP) is 3.01. The van der Waals surface area contributed by atoms with E-state index in [9.17, 15) is 0 Å². The number of aromatic nitrogens is 1. The average Bonchev–Trinajstić information content (AvgIpc) is 2.54. The molecule has 1 atom stereocenters. The molecule has 2 heteroatoms. The fraction of sp³-hybridized carbons (Fsp3) is 0.182. The Morgan fingerprint density at radius 1 is 1.23 bits per heavy atom. The van der Waals surface area contributed by atoms with Crippen LogP contribution >= 0.6 is 8.35 Å². The van der Waals surface area contributed by atoms with Crippen molar-refractivity contribution in [3.05, 3.63) is 53.0 Å². The van der Waals surface area contributed by atoms with Gasteiger partial charge in [-0.15, -0.1) is 0 Å². The van der Waals surface area contributed by atoms with Crippen molar-refractivity contribution in [1.29, 1.82) is 0 Å². The number of benzene rings is 1. The van der Waals surface area contributed by atoms with Crippen LogP contribution in [-0.4, -0.2) is 4.75 Å². The molecule has 0 bridgehead atoms. The fourth-order valence-electron chi connectivity index (χ4n) is 1.35. The molecule has 1 unspecified atom stereocenters. The van der Waals surface area contributed by atoms with Crippen molar-refractivity contribution in [1.82, 2.24) is 4.75 Å². The summed E-state index contributed by atoms with van der Waals surface area (Å²) in [5.41, 5.74) is 2.73. The van der Waals surface area contributed by atoms with Crippen molar-refractivity contribution in [3.8, 4) is 0 Å². The zero-order valence-electron chi connectivity index (χ0n) is 7.62. The van der Waals surface area contributed by atoms with Crippen LogP contribution < -0.4 is 0 Å². The monoisotopic (exact) mass is 189 g/mol. The Balaban J connectivity index is 2.20. The van der Waals surface area contributed by atoms with E-state index < -0.39 is 0 Å². The van der Waals surface area contributed by atoms with E-state index in [-0.39, 0.29) is 0 Å². The molecule has 0 amide bonds. The van der Waals surface area contributed by atoms with E-state index in [4.69, 9.17) is 0 Å². The summed E-state index contributed by atoms with van der Waals surface area (Å²) >= 11 is 0. The molecule has 1 aromatic carbocycles. The van der Waals surface area contributed by atoms with Crippen LogP contribution in [0.4, 0.5) is 0 Å². The number of aryl methyl sites for hydroxylation is 1. The first-order valence-corrected chi connectivity index (χ1v) is 5.34. The summed E-state index contributed by atoms with van der Waals surface area (Å²) in [6, 6.07) is 10.6. The highest BCUT2D eigenvalue weighted by molar-refractivity contribution is 7.26. The predicted molar refractivity (Wildman–Crippen MR) is 57.7 cm³/mol. The summed E-state index contributed by atoms with van der Waals surface area (Å²) in [5.74, 6) is 0. The molecule has 66 valence electrons. The second-order valence-electron chi connectivity index (χ2n) is 3.19. The van der Waals surface area contributed by atoms with Gasteiger partial charge in [-0.25, -0.2) is 4.75 Å². The number of hydrogen-bond donors (Lipinski definition) is 0. The molecule has 0 aliphatic rings. The van der Waals surface area contributed by atoms with Crippen LogP contribution in [0.5, 0.6) is 0 Å². The van der Waals surface area contributed by atoms with E-state index in [1.807, 2.05) is 6.20 Å². The zero-order chi connectivity index (χ0) is 9.10. The molecule has 1 heterocycles. The highest BCUT2D eigenvalue weighted by Gasteiger charge is 1.99. The normalized spacial score (nSPS) is 10.8. The molecule has 0 fully saturated rings. The van der Waals surface area contributed by atoms with E-state index in [1.54, 1.807) is 0 Å². The van der Waals surface area contributed by atoms with Gasteiger partial charge in [-0.1, -0.05) is 30.3 Å². The van der Waals surface area contributed by atoms with Crippen LogP contribution in [-0.2, 0) is 6.42 Å². The first-order valence-electron chi connectivity index (χ1n) is 4.39. The Bertz CT molecular complexity index is 378. The average molecular weight is 189 g/mol. The third-order valence-electron chi connectivity index (χ3n) is 2.16. The molecular formula is C11H12NP. The molecule has 0 radical (unpaired) electrons. The van der Waals surface area contributed by atoms with Gasteiger partial charge in [0.05, 0.1) is 0 Å². The number of nitrogens with zero attached hydrogens (tertiary/aromatic N) is 1. The lowest BCUT2D eigenvalue weighted by atomic mass is 10.1. The SMILES string of the molecule is Cc1cn[pH]c1Cc1ccccc1. The minimum absolute atomic E-state index is 0.655. The van der Waals surface area contributed by atoms with E-state index in [1.165, 1.54) is 16.4 Å². The standard InChI is InChI=1S/C11H12NP/c1-9-8-12-13-11(9)7-10-5-3-2-4-6-10/h2-6,8,13H,7H2,1H3. The van der Waals surface area contributed by atoms with Crippen LogP contribution in [0.2, 0.25) is 0 Å². The molecule has 2 aromatic rings. The summed E-state index contributed by atoms with van der Waals surface area (Å²) in [6.45, 7) is 2.14. The van der Waals surface area contributed by atoms with Crippen molar-refractivity contribution >= 4 is 8.35 Å². The van der Waals surface area contributed by atoms with Crippen molar-refractivity contribution < 1.29 is 0 Å². The van der Waals surface area contributed by atoms with Crippen LogP contribution in [0.25, 0.3) is 0 Å². The van der Waals surface area contributed by atoms with Crippen LogP contribution in [0, 0.1) is 6.92 Å². The second kappa shape index (κ2) is 3.76. The van der Waals surface area contributed by atoms with Gasteiger partial charge in [0.25, 0.3) is 0 Å². The van der Waals surface area contributed by atoms with Crippen molar-refractivity contribution in [2.75, 3.05) is 0 Å². The van der Waals surface area contributed by atoms with Crippen LogP contribution in [0.3, 0.4) is 0 Å². The summed E-state index contributed by atoms with van der Waals surface area (Å²) in [6.07, 6.45) is 3.04. The first kappa shape index (κ1) is 8.52. The lowest BCUT2D eigenvalue weighted by molar-refractivity contribution is 1.21. The third-order valence-corrected chi connectivity index (χ3v) is 3.26. The minimum atomic E-state index is 0.655. The van der Waals surface area contributed by atoms with E-state index >= 15 is 0 Å². The molecule has 0 spiro atoms. The molecule has 1 aromatic heterocycles. The highest BCUT2D eigenvalue weighted by atomic mass is 31.0. The van der Waals surface area contributed by atoms with Gasteiger partial charge in [0.2, 0.25) is 0 Å². The Labute approximate surface area is 80.0 Å². The maximum atomic E-state index is 4.27. The number of hydrogen-bond acceptors (Lipinski definition) is 1. The van der Waals surface area contributed by atoms with Gasteiger partial charge in [0.1, 0.15) is 0 Å². The molecule has 13 heavy (non-hydrogen) atoms. The minimum Gasteiger partial charge on any atom is -0.248 e. The third kappa shape index (κ3) is 1.99. The molecule has 2 rings (SSSR count).